The summed E-state index contributed by atoms with van der Waals surface area (Å²) in [6, 6.07) is 0. The van der Waals surface area contributed by atoms with Crippen LogP contribution in [0.15, 0.2) is 0 Å². The Morgan fingerprint density at radius 3 is 2.73 bits per heavy atom. The fourth-order valence-electron chi connectivity index (χ4n) is 1.96. The van der Waals surface area contributed by atoms with Gasteiger partial charge in [0.05, 0.1) is 5.92 Å². The quantitative estimate of drug-likeness (QED) is 0.574. The highest BCUT2D eigenvalue weighted by atomic mass is 79.9. The third-order valence-electron chi connectivity index (χ3n) is 3.19. The molecule has 0 bridgehead atoms. The number of halogens is 1. The molecule has 0 radical (unpaired) electrons. The highest BCUT2D eigenvalue weighted by molar-refractivity contribution is 9.09. The molecule has 15 heavy (non-hydrogen) atoms. The molecular weight excluding hydrogens is 260 g/mol. The molecule has 0 aromatic rings. The van der Waals surface area contributed by atoms with Crippen molar-refractivity contribution in [3.8, 4) is 0 Å². The summed E-state index contributed by atoms with van der Waals surface area (Å²) in [5, 5.41) is 0. The molecule has 3 nitrogen and oxygen atoms in total. The molecule has 0 amide bonds. The van der Waals surface area contributed by atoms with Gasteiger partial charge in [-0.1, -0.05) is 29.8 Å². The molecule has 0 aromatic heterocycles. The van der Waals surface area contributed by atoms with Crippen LogP contribution in [0.1, 0.15) is 33.6 Å². The van der Waals surface area contributed by atoms with Crippen molar-refractivity contribution >= 4 is 27.7 Å². The lowest BCUT2D eigenvalue weighted by molar-refractivity contribution is -0.147. The largest absolute Gasteiger partial charge is 0.465 e. The van der Waals surface area contributed by atoms with Crippen molar-refractivity contribution in [1.29, 1.82) is 0 Å². The Bertz CT molecular complexity index is 273. The molecule has 0 aliphatic heterocycles. The molecule has 1 aliphatic rings. The second-order valence-corrected chi connectivity index (χ2v) is 5.75. The van der Waals surface area contributed by atoms with Crippen molar-refractivity contribution in [1.82, 2.24) is 0 Å². The smallest absolute Gasteiger partial charge is 0.302 e. The number of rotatable bonds is 2. The predicted molar refractivity (Wildman–Crippen MR) is 60.9 cm³/mol. The van der Waals surface area contributed by atoms with E-state index in [9.17, 15) is 9.59 Å². The van der Waals surface area contributed by atoms with Gasteiger partial charge in [-0.3, -0.25) is 9.59 Å². The third-order valence-corrected chi connectivity index (χ3v) is 4.83. The first-order valence-corrected chi connectivity index (χ1v) is 6.07. The number of ether oxygens (including phenoxy) is 1. The van der Waals surface area contributed by atoms with E-state index < -0.39 is 0 Å². The first-order valence-electron chi connectivity index (χ1n) is 5.16. The Kier molecular flexibility index (Phi) is 3.93. The summed E-state index contributed by atoms with van der Waals surface area (Å²) in [4.78, 5) is 22.8. The highest BCUT2D eigenvalue weighted by Crippen LogP contribution is 2.42. The molecule has 4 heteroatoms. The van der Waals surface area contributed by atoms with Crippen LogP contribution in [0.2, 0.25) is 0 Å². The third kappa shape index (κ3) is 2.80. The molecular formula is C11H17BrO3. The van der Waals surface area contributed by atoms with Crippen molar-refractivity contribution in [2.24, 2.45) is 11.3 Å². The van der Waals surface area contributed by atoms with Gasteiger partial charge in [0, 0.05) is 18.2 Å². The van der Waals surface area contributed by atoms with E-state index in [2.05, 4.69) is 15.9 Å². The second-order valence-electron chi connectivity index (χ2n) is 4.65. The second kappa shape index (κ2) is 4.64. The van der Waals surface area contributed by atoms with Crippen LogP contribution in [0.5, 0.6) is 0 Å². The molecule has 2 atom stereocenters. The Morgan fingerprint density at radius 2 is 2.20 bits per heavy atom. The van der Waals surface area contributed by atoms with E-state index in [1.165, 1.54) is 6.92 Å². The van der Waals surface area contributed by atoms with Crippen LogP contribution in [-0.2, 0) is 14.3 Å². The number of ketones is 1. The van der Waals surface area contributed by atoms with Crippen LogP contribution in [0.3, 0.4) is 0 Å². The molecule has 0 heterocycles. The van der Waals surface area contributed by atoms with Crippen molar-refractivity contribution in [2.45, 2.75) is 38.4 Å². The normalized spacial score (nSPS) is 30.0. The molecule has 1 saturated carbocycles. The average molecular weight is 277 g/mol. The summed E-state index contributed by atoms with van der Waals surface area (Å²) in [5.41, 5.74) is -0.148. The number of carbonyl (C=O) groups is 2. The van der Waals surface area contributed by atoms with Crippen LogP contribution in [0, 0.1) is 11.3 Å². The first kappa shape index (κ1) is 12.7. The molecule has 1 aliphatic carbocycles. The summed E-state index contributed by atoms with van der Waals surface area (Å²) >= 11 is 3.59. The zero-order valence-electron chi connectivity index (χ0n) is 9.38. The maximum absolute atomic E-state index is 11.8. The Balaban J connectivity index is 2.72. The Hall–Kier alpha value is -0.380. The van der Waals surface area contributed by atoms with E-state index >= 15 is 0 Å². The maximum Gasteiger partial charge on any atom is 0.302 e. The van der Waals surface area contributed by atoms with Crippen LogP contribution in [0.25, 0.3) is 0 Å². The van der Waals surface area contributed by atoms with Gasteiger partial charge in [0.15, 0.2) is 0 Å². The number of Topliss-reactive ketones (excluding diaryl/α,β-unsaturated/α-hetero) is 1. The van der Waals surface area contributed by atoms with Gasteiger partial charge < -0.3 is 4.74 Å². The molecule has 0 saturated heterocycles. The van der Waals surface area contributed by atoms with E-state index in [1.54, 1.807) is 0 Å². The highest BCUT2D eigenvalue weighted by Gasteiger charge is 2.44. The van der Waals surface area contributed by atoms with Gasteiger partial charge in [-0.05, 0) is 11.8 Å². The molecule has 86 valence electrons. The minimum Gasteiger partial charge on any atom is -0.465 e. The lowest BCUT2D eigenvalue weighted by Crippen LogP contribution is -2.45. The van der Waals surface area contributed by atoms with Crippen LogP contribution >= 0.6 is 15.9 Å². The number of alkyl halides is 1. The number of hydrogen-bond acceptors (Lipinski definition) is 3. The molecule has 0 spiro atoms. The van der Waals surface area contributed by atoms with E-state index in [1.807, 2.05) is 13.8 Å². The minimum atomic E-state index is -0.324. The number of hydrogen-bond donors (Lipinski definition) is 0. The number of carbonyl (C=O) groups excluding carboxylic acids is 2. The predicted octanol–water partition coefficient (Wildman–Crippen LogP) is 2.32. The SMILES string of the molecule is CC(=O)OC[C@H]1C(=O)CC[C@@H](Br)C1(C)C. The standard InChI is InChI=1S/C11H17BrO3/c1-7(13)15-6-8-9(14)4-5-10(12)11(8,2)3/h8,10H,4-6H2,1-3H3/t8-,10+/m0/s1. The summed E-state index contributed by atoms with van der Waals surface area (Å²) in [7, 11) is 0. The molecule has 1 fully saturated rings. The van der Waals surface area contributed by atoms with E-state index in [4.69, 9.17) is 4.74 Å². The molecule has 1 rings (SSSR count). The molecule has 0 N–H and O–H groups in total. The van der Waals surface area contributed by atoms with Crippen molar-refractivity contribution in [3.05, 3.63) is 0 Å². The lowest BCUT2D eigenvalue weighted by Gasteiger charge is -2.41. The Morgan fingerprint density at radius 1 is 1.60 bits per heavy atom. The van der Waals surface area contributed by atoms with Crippen LogP contribution in [-0.4, -0.2) is 23.2 Å². The van der Waals surface area contributed by atoms with Gasteiger partial charge in [-0.2, -0.15) is 0 Å². The summed E-state index contributed by atoms with van der Waals surface area (Å²) in [5.74, 6) is -0.299. The van der Waals surface area contributed by atoms with Gasteiger partial charge in [-0.25, -0.2) is 0 Å². The van der Waals surface area contributed by atoms with Crippen LogP contribution < -0.4 is 0 Å². The summed E-state index contributed by atoms with van der Waals surface area (Å²) in [6.07, 6.45) is 1.44. The number of esters is 1. The lowest BCUT2D eigenvalue weighted by atomic mass is 9.68. The summed E-state index contributed by atoms with van der Waals surface area (Å²) < 4.78 is 4.96. The van der Waals surface area contributed by atoms with E-state index in [0.717, 1.165) is 6.42 Å². The Labute approximate surface area is 98.7 Å². The maximum atomic E-state index is 11.8. The van der Waals surface area contributed by atoms with Crippen molar-refractivity contribution in [3.63, 3.8) is 0 Å². The van der Waals surface area contributed by atoms with Gasteiger partial charge in [-0.15, -0.1) is 0 Å². The van der Waals surface area contributed by atoms with Gasteiger partial charge in [0.2, 0.25) is 0 Å². The molecule has 0 unspecified atom stereocenters. The van der Waals surface area contributed by atoms with Gasteiger partial charge >= 0.3 is 5.97 Å². The zero-order valence-corrected chi connectivity index (χ0v) is 11.0. The fourth-order valence-corrected chi connectivity index (χ4v) is 2.50. The van der Waals surface area contributed by atoms with Crippen LogP contribution in [0.4, 0.5) is 0 Å². The van der Waals surface area contributed by atoms with Gasteiger partial charge in [0.1, 0.15) is 12.4 Å². The monoisotopic (exact) mass is 276 g/mol. The van der Waals surface area contributed by atoms with Crippen molar-refractivity contribution < 1.29 is 14.3 Å². The summed E-state index contributed by atoms with van der Waals surface area (Å²) in [6.45, 7) is 5.66. The topological polar surface area (TPSA) is 43.4 Å². The first-order chi connectivity index (χ1) is 6.85. The van der Waals surface area contributed by atoms with Crippen molar-refractivity contribution in [2.75, 3.05) is 6.61 Å². The minimum absolute atomic E-state index is 0.148. The van der Waals surface area contributed by atoms with E-state index in [0.29, 0.717) is 11.2 Å². The fraction of sp³-hybridized carbons (Fsp3) is 0.818. The van der Waals surface area contributed by atoms with Gasteiger partial charge in [0.25, 0.3) is 0 Å². The molecule has 0 aromatic carbocycles. The zero-order chi connectivity index (χ0) is 11.6. The van der Waals surface area contributed by atoms with E-state index in [-0.39, 0.29) is 29.7 Å². The average Bonchev–Trinajstić information content (AvgIpc) is 2.11.